The molecule has 3 rings (SSSR count). The number of nitrogens with zero attached hydrogens (tertiary/aromatic N) is 3. The van der Waals surface area contributed by atoms with Gasteiger partial charge in [-0.15, -0.1) is 11.6 Å². The molecule has 2 aromatic heterocycles. The van der Waals surface area contributed by atoms with Crippen LogP contribution < -0.4 is 0 Å². The molecular formula is C15H19BrClN3O. The topological polar surface area (TPSA) is 39.9 Å². The van der Waals surface area contributed by atoms with Crippen molar-refractivity contribution in [1.82, 2.24) is 14.5 Å². The zero-order chi connectivity index (χ0) is 15.0. The van der Waals surface area contributed by atoms with Crippen LogP contribution in [-0.4, -0.2) is 27.2 Å². The fourth-order valence-electron chi connectivity index (χ4n) is 3.07. The van der Waals surface area contributed by atoms with Gasteiger partial charge in [0.1, 0.15) is 11.3 Å². The summed E-state index contributed by atoms with van der Waals surface area (Å²) in [5.74, 6) is 1.39. The number of fused-ring (bicyclic) bond motifs is 1. The predicted octanol–water partition coefficient (Wildman–Crippen LogP) is 4.31. The Morgan fingerprint density at radius 1 is 1.57 bits per heavy atom. The number of aromatic nitrogens is 3. The van der Waals surface area contributed by atoms with Gasteiger partial charge in [-0.05, 0) is 41.8 Å². The summed E-state index contributed by atoms with van der Waals surface area (Å²) in [5, 5.41) is -0.139. The van der Waals surface area contributed by atoms with Crippen molar-refractivity contribution >= 4 is 38.7 Å². The molecule has 0 aromatic carbocycles. The normalized spacial score (nSPS) is 23.8. The van der Waals surface area contributed by atoms with Crippen LogP contribution in [0.3, 0.4) is 0 Å². The number of alkyl halides is 1. The second-order valence-corrected chi connectivity index (χ2v) is 7.13. The minimum atomic E-state index is -0.139. The second-order valence-electron chi connectivity index (χ2n) is 5.56. The van der Waals surface area contributed by atoms with Gasteiger partial charge in [0.05, 0.1) is 11.5 Å². The first-order valence-electron chi connectivity index (χ1n) is 7.37. The van der Waals surface area contributed by atoms with Gasteiger partial charge in [-0.3, -0.25) is 0 Å². The van der Waals surface area contributed by atoms with Crippen LogP contribution in [0.15, 0.2) is 16.7 Å². The zero-order valence-electron chi connectivity index (χ0n) is 12.2. The fourth-order valence-corrected chi connectivity index (χ4v) is 3.56. The van der Waals surface area contributed by atoms with Crippen molar-refractivity contribution in [2.45, 2.75) is 44.7 Å². The highest BCUT2D eigenvalue weighted by Gasteiger charge is 2.29. The van der Waals surface area contributed by atoms with E-state index in [0.29, 0.717) is 12.0 Å². The van der Waals surface area contributed by atoms with Gasteiger partial charge in [-0.2, -0.15) is 0 Å². The fraction of sp³-hybridized carbons (Fsp3) is 0.600. The minimum Gasteiger partial charge on any atom is -0.378 e. The molecule has 21 heavy (non-hydrogen) atoms. The first kappa shape index (κ1) is 15.3. The van der Waals surface area contributed by atoms with Crippen LogP contribution >= 0.6 is 27.5 Å². The highest BCUT2D eigenvalue weighted by molar-refractivity contribution is 9.10. The zero-order valence-corrected chi connectivity index (χ0v) is 14.6. The van der Waals surface area contributed by atoms with E-state index in [2.05, 4.69) is 37.4 Å². The molecule has 1 aliphatic rings. The van der Waals surface area contributed by atoms with E-state index in [4.69, 9.17) is 16.3 Å². The Kier molecular flexibility index (Phi) is 4.52. The maximum atomic E-state index is 6.32. The lowest BCUT2D eigenvalue weighted by molar-refractivity contribution is 0.0835. The van der Waals surface area contributed by atoms with Crippen molar-refractivity contribution in [3.05, 3.63) is 22.6 Å². The summed E-state index contributed by atoms with van der Waals surface area (Å²) in [4.78, 5) is 9.19. The van der Waals surface area contributed by atoms with Gasteiger partial charge in [0.25, 0.3) is 0 Å². The van der Waals surface area contributed by atoms with Gasteiger partial charge in [-0.1, -0.05) is 6.92 Å². The maximum Gasteiger partial charge on any atom is 0.160 e. The number of ether oxygens (including phenoxy) is 1. The molecule has 3 atom stereocenters. The number of hydrogen-bond acceptors (Lipinski definition) is 3. The molecule has 1 saturated heterocycles. The van der Waals surface area contributed by atoms with E-state index in [1.807, 2.05) is 19.2 Å². The monoisotopic (exact) mass is 371 g/mol. The Morgan fingerprint density at radius 3 is 3.10 bits per heavy atom. The predicted molar refractivity (Wildman–Crippen MR) is 87.6 cm³/mol. The van der Waals surface area contributed by atoms with Crippen molar-refractivity contribution in [2.75, 3.05) is 6.61 Å². The van der Waals surface area contributed by atoms with Gasteiger partial charge in [0.15, 0.2) is 5.65 Å². The molecule has 4 nitrogen and oxygen atoms in total. The maximum absolute atomic E-state index is 6.32. The van der Waals surface area contributed by atoms with Crippen LogP contribution in [0.1, 0.15) is 37.9 Å². The quantitative estimate of drug-likeness (QED) is 0.751. The third kappa shape index (κ3) is 2.96. The molecule has 1 fully saturated rings. The molecule has 6 heteroatoms. The van der Waals surface area contributed by atoms with Crippen molar-refractivity contribution in [1.29, 1.82) is 0 Å². The Morgan fingerprint density at radius 2 is 2.38 bits per heavy atom. The summed E-state index contributed by atoms with van der Waals surface area (Å²) in [6, 6.07) is 1.99. The summed E-state index contributed by atoms with van der Waals surface area (Å²) < 4.78 is 8.90. The van der Waals surface area contributed by atoms with Crippen molar-refractivity contribution < 1.29 is 4.74 Å². The minimum absolute atomic E-state index is 0.139. The van der Waals surface area contributed by atoms with Gasteiger partial charge in [0, 0.05) is 29.7 Å². The lowest BCUT2D eigenvalue weighted by Gasteiger charge is -2.19. The molecule has 114 valence electrons. The van der Waals surface area contributed by atoms with Crippen LogP contribution in [0.5, 0.6) is 0 Å². The molecule has 0 spiro atoms. The second kappa shape index (κ2) is 6.23. The van der Waals surface area contributed by atoms with Crippen LogP contribution in [0.4, 0.5) is 0 Å². The molecule has 1 aliphatic heterocycles. The Labute approximate surface area is 138 Å². The molecule has 0 N–H and O–H groups in total. The average Bonchev–Trinajstić information content (AvgIpc) is 3.03. The van der Waals surface area contributed by atoms with Crippen LogP contribution in [0, 0.1) is 5.92 Å². The van der Waals surface area contributed by atoms with E-state index in [1.165, 1.54) is 0 Å². The van der Waals surface area contributed by atoms with Crippen molar-refractivity contribution in [3.8, 4) is 0 Å². The highest BCUT2D eigenvalue weighted by Crippen LogP contribution is 2.30. The van der Waals surface area contributed by atoms with Gasteiger partial charge < -0.3 is 9.30 Å². The lowest BCUT2D eigenvalue weighted by atomic mass is 9.99. The average molecular weight is 373 g/mol. The molecule has 2 aromatic rings. The molecule has 0 amide bonds. The van der Waals surface area contributed by atoms with E-state index in [0.717, 1.165) is 47.5 Å². The molecule has 0 saturated carbocycles. The van der Waals surface area contributed by atoms with Crippen molar-refractivity contribution in [3.63, 3.8) is 0 Å². The molecule has 0 radical (unpaired) electrons. The summed E-state index contributed by atoms with van der Waals surface area (Å²) >= 11 is 9.77. The first-order chi connectivity index (χ1) is 10.1. The van der Waals surface area contributed by atoms with Gasteiger partial charge >= 0.3 is 0 Å². The van der Waals surface area contributed by atoms with E-state index in [9.17, 15) is 0 Å². The van der Waals surface area contributed by atoms with Crippen LogP contribution in [0.25, 0.3) is 11.2 Å². The molecule has 0 aliphatic carbocycles. The van der Waals surface area contributed by atoms with E-state index in [1.54, 1.807) is 0 Å². The molecule has 3 heterocycles. The Bertz CT molecular complexity index is 643. The van der Waals surface area contributed by atoms with Crippen LogP contribution in [0.2, 0.25) is 0 Å². The van der Waals surface area contributed by atoms with Crippen LogP contribution in [-0.2, 0) is 11.3 Å². The third-order valence-electron chi connectivity index (χ3n) is 4.10. The lowest BCUT2D eigenvalue weighted by Crippen LogP contribution is -2.21. The molecule has 0 bridgehead atoms. The van der Waals surface area contributed by atoms with E-state index >= 15 is 0 Å². The van der Waals surface area contributed by atoms with E-state index in [-0.39, 0.29) is 5.38 Å². The summed E-state index contributed by atoms with van der Waals surface area (Å²) in [6.07, 6.45) is 4.27. The smallest absolute Gasteiger partial charge is 0.160 e. The standard InChI is InChI=1S/C15H19BrClN3O/c1-3-13-10(4-5-21-13)8-20-14(9(2)17)19-12-6-11(16)7-18-15(12)20/h6-7,9-10,13H,3-5,8H2,1-2H3. The largest absolute Gasteiger partial charge is 0.378 e. The van der Waals surface area contributed by atoms with Gasteiger partial charge in [0.2, 0.25) is 0 Å². The highest BCUT2D eigenvalue weighted by atomic mass is 79.9. The first-order valence-corrected chi connectivity index (χ1v) is 8.60. The summed E-state index contributed by atoms with van der Waals surface area (Å²) in [5.41, 5.74) is 1.79. The SMILES string of the molecule is CCC1OCCC1Cn1c(C(C)Cl)nc2cc(Br)cnc21. The van der Waals surface area contributed by atoms with E-state index < -0.39 is 0 Å². The number of imidazole rings is 1. The Hall–Kier alpha value is -0.650. The number of pyridine rings is 1. The van der Waals surface area contributed by atoms with Crippen molar-refractivity contribution in [2.24, 2.45) is 5.92 Å². The molecular weight excluding hydrogens is 354 g/mol. The molecule has 3 unspecified atom stereocenters. The Balaban J connectivity index is 2.01. The summed E-state index contributed by atoms with van der Waals surface area (Å²) in [6.45, 7) is 5.85. The number of halogens is 2. The number of hydrogen-bond donors (Lipinski definition) is 0. The third-order valence-corrected chi connectivity index (χ3v) is 4.73. The van der Waals surface area contributed by atoms with Gasteiger partial charge in [-0.25, -0.2) is 9.97 Å². The number of rotatable bonds is 4. The summed E-state index contributed by atoms with van der Waals surface area (Å²) in [7, 11) is 0.